The second kappa shape index (κ2) is 9.14. The first-order valence-electron chi connectivity index (χ1n) is 6.57. The van der Waals surface area contributed by atoms with Crippen LogP contribution in [-0.4, -0.2) is 11.9 Å². The number of nitrogens with zero attached hydrogens (tertiary/aromatic N) is 2. The highest BCUT2D eigenvalue weighted by Crippen LogP contribution is 2.15. The van der Waals surface area contributed by atoms with E-state index in [0.717, 1.165) is 5.56 Å². The molecule has 0 radical (unpaired) electrons. The zero-order chi connectivity index (χ0) is 15.5. The van der Waals surface area contributed by atoms with E-state index in [9.17, 15) is 0 Å². The fraction of sp³-hybridized carbons (Fsp3) is 0.125. The summed E-state index contributed by atoms with van der Waals surface area (Å²) in [4.78, 5) is 7.78. The van der Waals surface area contributed by atoms with Crippen LogP contribution in [0, 0.1) is 0 Å². The molecule has 6 N–H and O–H groups in total. The van der Waals surface area contributed by atoms with Crippen LogP contribution in [0.1, 0.15) is 18.5 Å². The molecule has 110 valence electrons. The standard InChI is InChI=1S/C10H15N5.C6H6/c1-7(8-5-3-2-4-6-8)14-10(13)15-9(11)12;1-2-4-6-5-3-1/h2-7H,1H3,(H6,11,12,13,14,15);1-6H. The van der Waals surface area contributed by atoms with Crippen LogP contribution in [0.15, 0.2) is 76.7 Å². The minimum absolute atomic E-state index is 0.0608. The van der Waals surface area contributed by atoms with Gasteiger partial charge in [-0.3, -0.25) is 0 Å². The van der Waals surface area contributed by atoms with E-state index in [1.807, 2.05) is 73.7 Å². The van der Waals surface area contributed by atoms with Gasteiger partial charge in [-0.15, -0.1) is 0 Å². The SMILES string of the molecule is CC(N=C(N)N=C(N)N)c1ccccc1.c1ccccc1. The van der Waals surface area contributed by atoms with E-state index in [1.165, 1.54) is 0 Å². The molecule has 0 heterocycles. The van der Waals surface area contributed by atoms with Crippen LogP contribution in [0.5, 0.6) is 0 Å². The third-order valence-electron chi connectivity index (χ3n) is 2.52. The van der Waals surface area contributed by atoms with Crippen molar-refractivity contribution < 1.29 is 0 Å². The van der Waals surface area contributed by atoms with Gasteiger partial charge in [-0.2, -0.15) is 4.99 Å². The summed E-state index contributed by atoms with van der Waals surface area (Å²) >= 11 is 0. The van der Waals surface area contributed by atoms with Crippen molar-refractivity contribution in [3.05, 3.63) is 72.3 Å². The summed E-state index contributed by atoms with van der Waals surface area (Å²) in [5, 5.41) is 0. The van der Waals surface area contributed by atoms with E-state index in [-0.39, 0.29) is 18.0 Å². The highest BCUT2D eigenvalue weighted by Gasteiger charge is 2.02. The van der Waals surface area contributed by atoms with E-state index in [0.29, 0.717) is 0 Å². The Morgan fingerprint density at radius 2 is 1.24 bits per heavy atom. The van der Waals surface area contributed by atoms with Crippen molar-refractivity contribution in [1.29, 1.82) is 0 Å². The zero-order valence-electron chi connectivity index (χ0n) is 12.1. The van der Waals surface area contributed by atoms with Crippen molar-refractivity contribution in [2.24, 2.45) is 27.2 Å². The highest BCUT2D eigenvalue weighted by atomic mass is 15.1. The third kappa shape index (κ3) is 7.37. The van der Waals surface area contributed by atoms with Crippen molar-refractivity contribution >= 4 is 11.9 Å². The maximum absolute atomic E-state index is 5.52. The normalized spacial score (nSPS) is 11.8. The Morgan fingerprint density at radius 1 is 0.810 bits per heavy atom. The summed E-state index contributed by atoms with van der Waals surface area (Å²) in [6.45, 7) is 1.92. The van der Waals surface area contributed by atoms with Gasteiger partial charge in [0.2, 0.25) is 5.96 Å². The van der Waals surface area contributed by atoms with Gasteiger partial charge in [0.1, 0.15) is 0 Å². The topological polar surface area (TPSA) is 103 Å². The summed E-state index contributed by atoms with van der Waals surface area (Å²) in [7, 11) is 0. The van der Waals surface area contributed by atoms with Gasteiger partial charge in [0.05, 0.1) is 6.04 Å². The monoisotopic (exact) mass is 283 g/mol. The fourth-order valence-corrected chi connectivity index (χ4v) is 1.55. The molecule has 21 heavy (non-hydrogen) atoms. The van der Waals surface area contributed by atoms with Crippen molar-refractivity contribution in [3.8, 4) is 0 Å². The first-order chi connectivity index (χ1) is 10.1. The predicted molar refractivity (Wildman–Crippen MR) is 88.7 cm³/mol. The van der Waals surface area contributed by atoms with E-state index in [1.54, 1.807) is 0 Å². The maximum atomic E-state index is 5.52. The average molecular weight is 283 g/mol. The first-order valence-corrected chi connectivity index (χ1v) is 6.57. The molecular formula is C16H21N5. The van der Waals surface area contributed by atoms with Crippen molar-refractivity contribution in [3.63, 3.8) is 0 Å². The Morgan fingerprint density at radius 3 is 1.67 bits per heavy atom. The number of benzene rings is 2. The minimum atomic E-state index is -0.0866. The van der Waals surface area contributed by atoms with Gasteiger partial charge < -0.3 is 17.2 Å². The van der Waals surface area contributed by atoms with Crippen molar-refractivity contribution in [2.75, 3.05) is 0 Å². The molecule has 1 atom stereocenters. The molecule has 0 aliphatic heterocycles. The number of aliphatic imine (C=N–C) groups is 2. The highest BCUT2D eigenvalue weighted by molar-refractivity contribution is 5.92. The Hall–Kier alpha value is -2.82. The van der Waals surface area contributed by atoms with E-state index >= 15 is 0 Å². The van der Waals surface area contributed by atoms with Gasteiger partial charge >= 0.3 is 0 Å². The van der Waals surface area contributed by atoms with Gasteiger partial charge in [-0.05, 0) is 12.5 Å². The molecule has 2 aromatic carbocycles. The molecule has 5 nitrogen and oxygen atoms in total. The van der Waals surface area contributed by atoms with Gasteiger partial charge in [0.15, 0.2) is 5.96 Å². The Balaban J connectivity index is 0.000000304. The van der Waals surface area contributed by atoms with Gasteiger partial charge in [0, 0.05) is 0 Å². The quantitative estimate of drug-likeness (QED) is 0.580. The van der Waals surface area contributed by atoms with Gasteiger partial charge in [-0.25, -0.2) is 4.99 Å². The molecule has 0 bridgehead atoms. The van der Waals surface area contributed by atoms with Crippen LogP contribution in [0.2, 0.25) is 0 Å². The minimum Gasteiger partial charge on any atom is -0.370 e. The molecular weight excluding hydrogens is 262 g/mol. The maximum Gasteiger partial charge on any atom is 0.219 e. The molecule has 0 aliphatic carbocycles. The van der Waals surface area contributed by atoms with E-state index < -0.39 is 0 Å². The first kappa shape index (κ1) is 16.2. The number of hydrogen-bond acceptors (Lipinski definition) is 1. The lowest BCUT2D eigenvalue weighted by atomic mass is 10.1. The number of hydrogen-bond donors (Lipinski definition) is 3. The lowest BCUT2D eigenvalue weighted by molar-refractivity contribution is 0.816. The molecule has 5 heteroatoms. The Kier molecular flexibility index (Phi) is 7.07. The molecule has 0 saturated heterocycles. The van der Waals surface area contributed by atoms with Crippen LogP contribution in [0.25, 0.3) is 0 Å². The number of guanidine groups is 2. The van der Waals surface area contributed by atoms with Crippen LogP contribution < -0.4 is 17.2 Å². The van der Waals surface area contributed by atoms with Gasteiger partial charge in [-0.1, -0.05) is 66.7 Å². The molecule has 0 fully saturated rings. The molecule has 0 spiro atoms. The van der Waals surface area contributed by atoms with E-state index in [2.05, 4.69) is 9.98 Å². The summed E-state index contributed by atoms with van der Waals surface area (Å²) in [6.07, 6.45) is 0. The molecule has 1 unspecified atom stereocenters. The molecule has 0 aliphatic rings. The molecule has 0 amide bonds. The van der Waals surface area contributed by atoms with Crippen LogP contribution >= 0.6 is 0 Å². The van der Waals surface area contributed by atoms with E-state index in [4.69, 9.17) is 17.2 Å². The summed E-state index contributed by atoms with van der Waals surface area (Å²) in [5.74, 6) is 0.00265. The lowest BCUT2D eigenvalue weighted by Gasteiger charge is -2.06. The van der Waals surface area contributed by atoms with Crippen molar-refractivity contribution in [1.82, 2.24) is 0 Å². The zero-order valence-corrected chi connectivity index (χ0v) is 12.1. The second-order valence-corrected chi connectivity index (χ2v) is 4.27. The largest absolute Gasteiger partial charge is 0.370 e. The number of nitrogens with two attached hydrogens (primary N) is 3. The fourth-order valence-electron chi connectivity index (χ4n) is 1.55. The summed E-state index contributed by atoms with van der Waals surface area (Å²) in [6, 6.07) is 21.7. The second-order valence-electron chi connectivity index (χ2n) is 4.27. The molecule has 0 saturated carbocycles. The van der Waals surface area contributed by atoms with Crippen LogP contribution in [0.3, 0.4) is 0 Å². The van der Waals surface area contributed by atoms with Gasteiger partial charge in [0.25, 0.3) is 0 Å². The lowest BCUT2D eigenvalue weighted by Crippen LogP contribution is -2.26. The number of rotatable bonds is 2. The average Bonchev–Trinajstić information content (AvgIpc) is 2.49. The summed E-state index contributed by atoms with van der Waals surface area (Å²) in [5.41, 5.74) is 16.9. The third-order valence-corrected chi connectivity index (χ3v) is 2.52. The predicted octanol–water partition coefficient (Wildman–Crippen LogP) is 2.02. The van der Waals surface area contributed by atoms with Crippen molar-refractivity contribution in [2.45, 2.75) is 13.0 Å². The Labute approximate surface area is 125 Å². The summed E-state index contributed by atoms with van der Waals surface area (Å²) < 4.78 is 0. The smallest absolute Gasteiger partial charge is 0.219 e. The molecule has 2 aromatic rings. The molecule has 0 aromatic heterocycles. The molecule has 2 rings (SSSR count). The van der Waals surface area contributed by atoms with Crippen LogP contribution in [-0.2, 0) is 0 Å². The Bertz CT molecular complexity index is 533. The van der Waals surface area contributed by atoms with Crippen LogP contribution in [0.4, 0.5) is 0 Å².